The van der Waals surface area contributed by atoms with Crippen LogP contribution in [0.2, 0.25) is 0 Å². The average molecular weight is 534 g/mol. The molecule has 1 amide bonds. The van der Waals surface area contributed by atoms with Crippen LogP contribution < -0.4 is 10.6 Å². The van der Waals surface area contributed by atoms with E-state index in [1.807, 2.05) is 89.6 Å². The Labute approximate surface area is 233 Å². The molecule has 2 heterocycles. The summed E-state index contributed by atoms with van der Waals surface area (Å²) < 4.78 is 6.64. The van der Waals surface area contributed by atoms with Crippen molar-refractivity contribution in [2.75, 3.05) is 17.7 Å². The minimum atomic E-state index is -0.286. The lowest BCUT2D eigenvalue weighted by atomic mass is 9.87. The Hall–Kier alpha value is -4.98. The minimum Gasteiger partial charge on any atom is -0.469 e. The Morgan fingerprint density at radius 2 is 1.70 bits per heavy atom. The number of rotatable bonds is 7. The molecule has 0 atom stereocenters. The second kappa shape index (κ2) is 11.0. The summed E-state index contributed by atoms with van der Waals surface area (Å²) in [6.07, 6.45) is 5.69. The molecule has 0 aliphatic heterocycles. The van der Waals surface area contributed by atoms with Crippen LogP contribution in [0.4, 0.5) is 17.2 Å². The Morgan fingerprint density at radius 3 is 2.40 bits per heavy atom. The molecule has 0 bridgehead atoms. The normalized spacial score (nSPS) is 11.3. The molecule has 2 aromatic heterocycles. The van der Waals surface area contributed by atoms with Gasteiger partial charge in [-0.2, -0.15) is 0 Å². The fourth-order valence-electron chi connectivity index (χ4n) is 4.32. The molecule has 40 heavy (non-hydrogen) atoms. The first-order valence-electron chi connectivity index (χ1n) is 13.0. The van der Waals surface area contributed by atoms with Gasteiger partial charge in [-0.25, -0.2) is 9.97 Å². The van der Waals surface area contributed by atoms with E-state index in [1.165, 1.54) is 12.7 Å². The molecule has 0 saturated carbocycles. The van der Waals surface area contributed by atoms with Crippen molar-refractivity contribution in [1.82, 2.24) is 14.4 Å². The van der Waals surface area contributed by atoms with Gasteiger partial charge in [-0.1, -0.05) is 57.2 Å². The van der Waals surface area contributed by atoms with Crippen molar-refractivity contribution < 1.29 is 14.3 Å². The quantitative estimate of drug-likeness (QED) is 0.235. The van der Waals surface area contributed by atoms with Crippen molar-refractivity contribution >= 4 is 34.7 Å². The number of nitrogens with zero attached hydrogens (tertiary/aromatic N) is 3. The summed E-state index contributed by atoms with van der Waals surface area (Å²) in [7, 11) is 1.38. The van der Waals surface area contributed by atoms with Crippen LogP contribution >= 0.6 is 0 Å². The number of nitrogens with one attached hydrogen (secondary N) is 2. The molecule has 0 radical (unpaired) electrons. The van der Waals surface area contributed by atoms with Crippen LogP contribution in [0, 0.1) is 0 Å². The van der Waals surface area contributed by atoms with E-state index in [2.05, 4.69) is 36.4 Å². The summed E-state index contributed by atoms with van der Waals surface area (Å²) in [4.78, 5) is 33.8. The standard InChI is InChI=1S/C32H31N5O3/c1-32(2,3)24-12-10-22(11-13-24)31(39)35-26-7-5-6-23(19-26)27-20-37-17-16-33-30(37)29(36-27)34-25-14-8-21(9-15-25)18-28(38)40-4/h5-17,19-20H,18H2,1-4H3,(H,34,36)(H,35,39). The van der Waals surface area contributed by atoms with Gasteiger partial charge in [0.15, 0.2) is 11.5 Å². The van der Waals surface area contributed by atoms with Crippen LogP contribution in [-0.2, 0) is 21.4 Å². The lowest BCUT2D eigenvalue weighted by molar-refractivity contribution is -0.139. The first kappa shape index (κ1) is 26.6. The number of carbonyl (C=O) groups excluding carboxylic acids is 2. The van der Waals surface area contributed by atoms with Crippen LogP contribution in [-0.4, -0.2) is 33.4 Å². The Kier molecular flexibility index (Phi) is 7.33. The van der Waals surface area contributed by atoms with Gasteiger partial charge in [0, 0.05) is 41.1 Å². The molecule has 8 heteroatoms. The summed E-state index contributed by atoms with van der Waals surface area (Å²) in [5, 5.41) is 6.34. The lowest BCUT2D eigenvalue weighted by Crippen LogP contribution is -2.14. The number of hydrogen-bond donors (Lipinski definition) is 2. The smallest absolute Gasteiger partial charge is 0.309 e. The number of anilines is 3. The van der Waals surface area contributed by atoms with Crippen LogP contribution in [0.3, 0.4) is 0 Å². The first-order chi connectivity index (χ1) is 19.2. The van der Waals surface area contributed by atoms with Gasteiger partial charge in [0.25, 0.3) is 5.91 Å². The maximum atomic E-state index is 12.9. The summed E-state index contributed by atoms with van der Waals surface area (Å²) in [6.45, 7) is 6.44. The zero-order chi connectivity index (χ0) is 28.3. The highest BCUT2D eigenvalue weighted by Gasteiger charge is 2.15. The predicted molar refractivity (Wildman–Crippen MR) is 157 cm³/mol. The summed E-state index contributed by atoms with van der Waals surface area (Å²) in [5.74, 6) is 0.122. The molecule has 202 valence electrons. The van der Waals surface area contributed by atoms with Gasteiger partial charge in [-0.05, 0) is 52.9 Å². The third-order valence-electron chi connectivity index (χ3n) is 6.60. The van der Waals surface area contributed by atoms with Gasteiger partial charge in [0.05, 0.1) is 19.2 Å². The molecular formula is C32H31N5O3. The van der Waals surface area contributed by atoms with Crippen molar-refractivity contribution in [2.45, 2.75) is 32.6 Å². The van der Waals surface area contributed by atoms with Crippen LogP contribution in [0.15, 0.2) is 91.4 Å². The van der Waals surface area contributed by atoms with E-state index in [0.29, 0.717) is 28.4 Å². The SMILES string of the molecule is COC(=O)Cc1ccc(Nc2nc(-c3cccc(NC(=O)c4ccc(C(C)(C)C)cc4)c3)cn3ccnc23)cc1. The number of fused-ring (bicyclic) bond motifs is 1. The minimum absolute atomic E-state index is 0.0222. The van der Waals surface area contributed by atoms with Gasteiger partial charge >= 0.3 is 5.97 Å². The molecule has 0 fully saturated rings. The number of esters is 1. The second-order valence-electron chi connectivity index (χ2n) is 10.6. The Bertz CT molecular complexity index is 1670. The molecule has 0 saturated heterocycles. The highest BCUT2D eigenvalue weighted by molar-refractivity contribution is 6.04. The third-order valence-corrected chi connectivity index (χ3v) is 6.60. The Morgan fingerprint density at radius 1 is 0.950 bits per heavy atom. The number of amides is 1. The summed E-state index contributed by atoms with van der Waals surface area (Å²) in [6, 6.07) is 22.8. The molecule has 0 spiro atoms. The lowest BCUT2D eigenvalue weighted by Gasteiger charge is -2.19. The maximum Gasteiger partial charge on any atom is 0.309 e. The number of aromatic nitrogens is 3. The molecule has 0 aliphatic carbocycles. The van der Waals surface area contributed by atoms with E-state index >= 15 is 0 Å². The van der Waals surface area contributed by atoms with Crippen molar-refractivity contribution in [2.24, 2.45) is 0 Å². The van der Waals surface area contributed by atoms with E-state index in [9.17, 15) is 9.59 Å². The molecule has 8 nitrogen and oxygen atoms in total. The zero-order valence-corrected chi connectivity index (χ0v) is 22.9. The topological polar surface area (TPSA) is 97.6 Å². The maximum absolute atomic E-state index is 12.9. The van der Waals surface area contributed by atoms with Crippen molar-refractivity contribution in [3.63, 3.8) is 0 Å². The number of methoxy groups -OCH3 is 1. The number of benzene rings is 3. The highest BCUT2D eigenvalue weighted by Crippen LogP contribution is 2.27. The monoisotopic (exact) mass is 533 g/mol. The molecule has 0 aliphatic rings. The van der Waals surface area contributed by atoms with E-state index in [4.69, 9.17) is 9.72 Å². The number of imidazole rings is 1. The van der Waals surface area contributed by atoms with Crippen LogP contribution in [0.5, 0.6) is 0 Å². The van der Waals surface area contributed by atoms with Crippen molar-refractivity contribution in [3.8, 4) is 11.3 Å². The molecule has 5 rings (SSSR count). The van der Waals surface area contributed by atoms with E-state index in [0.717, 1.165) is 16.8 Å². The summed E-state index contributed by atoms with van der Waals surface area (Å²) in [5.41, 5.74) is 6.35. The van der Waals surface area contributed by atoms with Crippen molar-refractivity contribution in [1.29, 1.82) is 0 Å². The van der Waals surface area contributed by atoms with E-state index in [-0.39, 0.29) is 23.7 Å². The average Bonchev–Trinajstić information content (AvgIpc) is 3.43. The number of ether oxygens (including phenoxy) is 1. The first-order valence-corrected chi connectivity index (χ1v) is 13.0. The third kappa shape index (κ3) is 6.02. The van der Waals surface area contributed by atoms with Gasteiger partial charge in [0.1, 0.15) is 0 Å². The van der Waals surface area contributed by atoms with Gasteiger partial charge in [-0.15, -0.1) is 0 Å². The van der Waals surface area contributed by atoms with Crippen LogP contribution in [0.1, 0.15) is 42.3 Å². The molecular weight excluding hydrogens is 502 g/mol. The molecule has 2 N–H and O–H groups in total. The summed E-state index contributed by atoms with van der Waals surface area (Å²) >= 11 is 0. The Balaban J connectivity index is 1.37. The van der Waals surface area contributed by atoms with E-state index in [1.54, 1.807) is 6.20 Å². The fourth-order valence-corrected chi connectivity index (χ4v) is 4.32. The predicted octanol–water partition coefficient (Wildman–Crippen LogP) is 6.41. The number of carbonyl (C=O) groups is 2. The fraction of sp³-hybridized carbons (Fsp3) is 0.188. The van der Waals surface area contributed by atoms with E-state index < -0.39 is 0 Å². The van der Waals surface area contributed by atoms with Gasteiger partial charge in [-0.3, -0.25) is 9.59 Å². The largest absolute Gasteiger partial charge is 0.469 e. The molecule has 0 unspecified atom stereocenters. The highest BCUT2D eigenvalue weighted by atomic mass is 16.5. The van der Waals surface area contributed by atoms with Crippen molar-refractivity contribution in [3.05, 3.63) is 108 Å². The number of hydrogen-bond acceptors (Lipinski definition) is 6. The van der Waals surface area contributed by atoms with Crippen LogP contribution in [0.25, 0.3) is 16.9 Å². The zero-order valence-electron chi connectivity index (χ0n) is 22.9. The van der Waals surface area contributed by atoms with Gasteiger partial charge < -0.3 is 19.8 Å². The molecule has 5 aromatic rings. The second-order valence-corrected chi connectivity index (χ2v) is 10.6. The van der Waals surface area contributed by atoms with Gasteiger partial charge in [0.2, 0.25) is 0 Å². The molecule has 3 aromatic carbocycles.